The molecule has 116 valence electrons. The van der Waals surface area contributed by atoms with Gasteiger partial charge in [0.05, 0.1) is 12.7 Å². The molecule has 4 unspecified atom stereocenters. The smallest absolute Gasteiger partial charge is 0.223 e. The molecule has 4 heteroatoms. The van der Waals surface area contributed by atoms with E-state index >= 15 is 0 Å². The van der Waals surface area contributed by atoms with Crippen LogP contribution in [0.3, 0.4) is 0 Å². The van der Waals surface area contributed by atoms with Crippen molar-refractivity contribution in [2.24, 2.45) is 17.8 Å². The molecule has 4 nitrogen and oxygen atoms in total. The number of amides is 1. The number of carbonyl (C=O) groups is 1. The molecule has 0 bridgehead atoms. The van der Waals surface area contributed by atoms with E-state index < -0.39 is 6.10 Å². The third-order valence-corrected chi connectivity index (χ3v) is 5.05. The molecule has 0 aliphatic heterocycles. The topological polar surface area (TPSA) is 58.6 Å². The minimum absolute atomic E-state index is 0.193. The normalized spacial score (nSPS) is 31.4. The first kappa shape index (κ1) is 15.8. The Kier molecular flexibility index (Phi) is 6.30. The average molecular weight is 283 g/mol. The van der Waals surface area contributed by atoms with E-state index in [4.69, 9.17) is 4.74 Å². The molecule has 0 aromatic heterocycles. The van der Waals surface area contributed by atoms with Crippen LogP contribution in [0.25, 0.3) is 0 Å². The lowest BCUT2D eigenvalue weighted by atomic mass is 9.67. The van der Waals surface area contributed by atoms with Crippen molar-refractivity contribution >= 4 is 5.91 Å². The van der Waals surface area contributed by atoms with Crippen LogP contribution < -0.4 is 5.32 Å². The summed E-state index contributed by atoms with van der Waals surface area (Å²) in [5.74, 6) is 2.07. The first-order valence-electron chi connectivity index (χ1n) is 8.15. The fraction of sp³-hybridized carbons (Fsp3) is 0.938. The van der Waals surface area contributed by atoms with E-state index in [1.54, 1.807) is 7.11 Å². The summed E-state index contributed by atoms with van der Waals surface area (Å²) < 4.78 is 4.87. The molecule has 0 radical (unpaired) electrons. The van der Waals surface area contributed by atoms with Crippen molar-refractivity contribution in [3.8, 4) is 0 Å². The Balaban J connectivity index is 1.68. The van der Waals surface area contributed by atoms with Crippen LogP contribution in [0, 0.1) is 17.8 Å². The number of methoxy groups -OCH3 is 1. The Labute approximate surface area is 122 Å². The predicted molar refractivity (Wildman–Crippen MR) is 78.3 cm³/mol. The standard InChI is InChI=1S/C16H29NO3/c1-20-11-15(18)8-9-17-16(19)14-7-6-12-4-2-3-5-13(12)10-14/h12-15,18H,2-11H2,1H3,(H,17,19). The van der Waals surface area contributed by atoms with Crippen LogP contribution in [0.2, 0.25) is 0 Å². The number of aliphatic hydroxyl groups excluding tert-OH is 1. The first-order valence-corrected chi connectivity index (χ1v) is 8.15. The van der Waals surface area contributed by atoms with Crippen LogP contribution in [0.15, 0.2) is 0 Å². The largest absolute Gasteiger partial charge is 0.391 e. The molecular formula is C16H29NO3. The second-order valence-corrected chi connectivity index (χ2v) is 6.50. The van der Waals surface area contributed by atoms with E-state index in [0.29, 0.717) is 19.6 Å². The van der Waals surface area contributed by atoms with Gasteiger partial charge in [-0.25, -0.2) is 0 Å². The number of carbonyl (C=O) groups excluding carboxylic acids is 1. The van der Waals surface area contributed by atoms with Crippen LogP contribution in [0.4, 0.5) is 0 Å². The molecule has 4 atom stereocenters. The molecule has 0 aromatic carbocycles. The van der Waals surface area contributed by atoms with E-state index in [9.17, 15) is 9.90 Å². The minimum atomic E-state index is -0.477. The van der Waals surface area contributed by atoms with Crippen LogP contribution in [0.1, 0.15) is 51.4 Å². The maximum absolute atomic E-state index is 12.2. The van der Waals surface area contributed by atoms with Gasteiger partial charge in [-0.3, -0.25) is 4.79 Å². The summed E-state index contributed by atoms with van der Waals surface area (Å²) in [6.45, 7) is 0.886. The Morgan fingerprint density at radius 3 is 2.75 bits per heavy atom. The Hall–Kier alpha value is -0.610. The molecule has 1 amide bonds. The summed E-state index contributed by atoms with van der Waals surface area (Å²) in [4.78, 5) is 12.2. The number of ether oxygens (including phenoxy) is 1. The van der Waals surface area contributed by atoms with E-state index in [1.807, 2.05) is 0 Å². The summed E-state index contributed by atoms with van der Waals surface area (Å²) >= 11 is 0. The van der Waals surface area contributed by atoms with Gasteiger partial charge in [0.25, 0.3) is 0 Å². The van der Waals surface area contributed by atoms with Crippen molar-refractivity contribution in [2.45, 2.75) is 57.5 Å². The molecule has 2 N–H and O–H groups in total. The third-order valence-electron chi connectivity index (χ3n) is 5.05. The van der Waals surface area contributed by atoms with Gasteiger partial charge in [0, 0.05) is 19.6 Å². The summed E-state index contributed by atoms with van der Waals surface area (Å²) in [6.07, 6.45) is 8.88. The highest BCUT2D eigenvalue weighted by Crippen LogP contribution is 2.42. The first-order chi connectivity index (χ1) is 9.70. The fourth-order valence-corrected chi connectivity index (χ4v) is 3.89. The van der Waals surface area contributed by atoms with Crippen molar-refractivity contribution in [3.05, 3.63) is 0 Å². The maximum atomic E-state index is 12.2. The molecule has 0 heterocycles. The summed E-state index contributed by atoms with van der Waals surface area (Å²) in [6, 6.07) is 0. The number of fused-ring (bicyclic) bond motifs is 1. The Bertz CT molecular complexity index is 308. The lowest BCUT2D eigenvalue weighted by Gasteiger charge is -2.38. The van der Waals surface area contributed by atoms with E-state index in [1.165, 1.54) is 32.1 Å². The van der Waals surface area contributed by atoms with E-state index in [-0.39, 0.29) is 11.8 Å². The lowest BCUT2D eigenvalue weighted by molar-refractivity contribution is -0.127. The lowest BCUT2D eigenvalue weighted by Crippen LogP contribution is -2.38. The van der Waals surface area contributed by atoms with E-state index in [2.05, 4.69) is 5.32 Å². The average Bonchev–Trinajstić information content (AvgIpc) is 2.47. The van der Waals surface area contributed by atoms with Crippen LogP contribution in [0.5, 0.6) is 0 Å². The predicted octanol–water partition coefficient (Wildman–Crippen LogP) is 2.11. The summed E-state index contributed by atoms with van der Waals surface area (Å²) in [7, 11) is 1.57. The molecule has 20 heavy (non-hydrogen) atoms. The van der Waals surface area contributed by atoms with E-state index in [0.717, 1.165) is 24.7 Å². The summed E-state index contributed by atoms with van der Waals surface area (Å²) in [5, 5.41) is 12.5. The second kappa shape index (κ2) is 7.99. The van der Waals surface area contributed by atoms with Crippen molar-refractivity contribution in [3.63, 3.8) is 0 Å². The van der Waals surface area contributed by atoms with Gasteiger partial charge in [-0.1, -0.05) is 25.7 Å². The van der Waals surface area contributed by atoms with Gasteiger partial charge in [-0.15, -0.1) is 0 Å². The SMILES string of the molecule is COCC(O)CCNC(=O)C1CCC2CCCCC2C1. The third kappa shape index (κ3) is 4.45. The summed E-state index contributed by atoms with van der Waals surface area (Å²) in [5.41, 5.74) is 0. The van der Waals surface area contributed by atoms with Crippen molar-refractivity contribution in [1.82, 2.24) is 5.32 Å². The monoisotopic (exact) mass is 283 g/mol. The number of aliphatic hydroxyl groups is 1. The van der Waals surface area contributed by atoms with Gasteiger partial charge in [0.2, 0.25) is 5.91 Å². The molecule has 2 rings (SSSR count). The van der Waals surface area contributed by atoms with Crippen LogP contribution >= 0.6 is 0 Å². The fourth-order valence-electron chi connectivity index (χ4n) is 3.89. The van der Waals surface area contributed by atoms with Gasteiger partial charge < -0.3 is 15.2 Å². The number of hydrogen-bond acceptors (Lipinski definition) is 3. The van der Waals surface area contributed by atoms with Gasteiger partial charge in [-0.05, 0) is 37.5 Å². The highest BCUT2D eigenvalue weighted by Gasteiger charge is 2.34. The molecule has 0 saturated heterocycles. The molecule has 2 saturated carbocycles. The molecular weight excluding hydrogens is 254 g/mol. The zero-order valence-electron chi connectivity index (χ0n) is 12.6. The molecule has 2 aliphatic carbocycles. The van der Waals surface area contributed by atoms with Gasteiger partial charge in [0.15, 0.2) is 0 Å². The van der Waals surface area contributed by atoms with Gasteiger partial charge >= 0.3 is 0 Å². The number of nitrogens with one attached hydrogen (secondary N) is 1. The molecule has 2 aliphatic rings. The maximum Gasteiger partial charge on any atom is 0.223 e. The zero-order chi connectivity index (χ0) is 14.4. The van der Waals surface area contributed by atoms with Gasteiger partial charge in [0.1, 0.15) is 0 Å². The van der Waals surface area contributed by atoms with Gasteiger partial charge in [-0.2, -0.15) is 0 Å². The Morgan fingerprint density at radius 2 is 2.00 bits per heavy atom. The molecule has 0 spiro atoms. The van der Waals surface area contributed by atoms with Crippen molar-refractivity contribution in [2.75, 3.05) is 20.3 Å². The molecule has 2 fully saturated rings. The zero-order valence-corrected chi connectivity index (χ0v) is 12.6. The molecule has 0 aromatic rings. The Morgan fingerprint density at radius 1 is 1.25 bits per heavy atom. The quantitative estimate of drug-likeness (QED) is 0.785. The highest BCUT2D eigenvalue weighted by molar-refractivity contribution is 5.78. The van der Waals surface area contributed by atoms with Crippen LogP contribution in [-0.4, -0.2) is 37.4 Å². The van der Waals surface area contributed by atoms with Crippen molar-refractivity contribution in [1.29, 1.82) is 0 Å². The minimum Gasteiger partial charge on any atom is -0.391 e. The second-order valence-electron chi connectivity index (χ2n) is 6.50. The van der Waals surface area contributed by atoms with Crippen molar-refractivity contribution < 1.29 is 14.6 Å². The number of hydrogen-bond donors (Lipinski definition) is 2. The highest BCUT2D eigenvalue weighted by atomic mass is 16.5. The van der Waals surface area contributed by atoms with Crippen LogP contribution in [-0.2, 0) is 9.53 Å². The number of rotatable bonds is 6.